The van der Waals surface area contributed by atoms with Crippen LogP contribution in [0.25, 0.3) is 0 Å². The predicted molar refractivity (Wildman–Crippen MR) is 94.2 cm³/mol. The van der Waals surface area contributed by atoms with Gasteiger partial charge in [-0.25, -0.2) is 4.79 Å². The number of hydrogen-bond donors (Lipinski definition) is 1. The highest BCUT2D eigenvalue weighted by molar-refractivity contribution is 8.17. The molecule has 0 unspecified atom stereocenters. The van der Waals surface area contributed by atoms with Crippen LogP contribution >= 0.6 is 23.5 Å². The average molecular weight is 338 g/mol. The molecule has 3 nitrogen and oxygen atoms in total. The number of rotatable bonds is 4. The van der Waals surface area contributed by atoms with Gasteiger partial charge in [0.2, 0.25) is 0 Å². The Morgan fingerprint density at radius 1 is 1.18 bits per heavy atom. The van der Waals surface area contributed by atoms with Crippen LogP contribution < -0.4 is 5.32 Å². The first kappa shape index (κ1) is 16.1. The van der Waals surface area contributed by atoms with Gasteiger partial charge in [-0.2, -0.15) is 0 Å². The molecule has 3 rings (SSSR count). The van der Waals surface area contributed by atoms with E-state index < -0.39 is 0 Å². The van der Waals surface area contributed by atoms with E-state index in [1.165, 1.54) is 24.3 Å². The van der Waals surface area contributed by atoms with Gasteiger partial charge in [-0.15, -0.1) is 23.5 Å². The molecule has 1 aromatic carbocycles. The number of thioether (sulfide) groups is 2. The van der Waals surface area contributed by atoms with Crippen LogP contribution in [0.4, 0.5) is 4.79 Å². The summed E-state index contributed by atoms with van der Waals surface area (Å²) in [4.78, 5) is 11.9. The van der Waals surface area contributed by atoms with Gasteiger partial charge in [-0.1, -0.05) is 30.3 Å². The first-order chi connectivity index (χ1) is 10.8. The summed E-state index contributed by atoms with van der Waals surface area (Å²) in [7, 11) is 0. The van der Waals surface area contributed by atoms with Crippen molar-refractivity contribution >= 4 is 29.6 Å². The second-order valence-electron chi connectivity index (χ2n) is 5.94. The van der Waals surface area contributed by atoms with E-state index in [-0.39, 0.29) is 12.1 Å². The van der Waals surface area contributed by atoms with Gasteiger partial charge in [0, 0.05) is 6.04 Å². The van der Waals surface area contributed by atoms with Crippen LogP contribution in [0.2, 0.25) is 0 Å². The molecule has 1 saturated carbocycles. The van der Waals surface area contributed by atoms with E-state index >= 15 is 0 Å². The Morgan fingerprint density at radius 3 is 2.73 bits per heavy atom. The Morgan fingerprint density at radius 2 is 1.95 bits per heavy atom. The van der Waals surface area contributed by atoms with E-state index in [0.29, 0.717) is 6.61 Å². The number of amides is 1. The van der Waals surface area contributed by atoms with Crippen molar-refractivity contribution in [1.82, 2.24) is 5.32 Å². The fraction of sp³-hybridized carbons (Fsp3) is 0.588. The Balaban J connectivity index is 1.39. The lowest BCUT2D eigenvalue weighted by Gasteiger charge is -2.26. The fourth-order valence-corrected chi connectivity index (χ4v) is 6.37. The normalized spacial score (nSPS) is 25.8. The first-order valence-corrected chi connectivity index (χ1v) is 10.1. The molecule has 1 aliphatic heterocycles. The van der Waals surface area contributed by atoms with Crippen molar-refractivity contribution in [3.63, 3.8) is 0 Å². The second kappa shape index (κ2) is 8.16. The Labute approximate surface area is 141 Å². The highest BCUT2D eigenvalue weighted by Crippen LogP contribution is 2.42. The zero-order chi connectivity index (χ0) is 15.2. The smallest absolute Gasteiger partial charge is 0.407 e. The topological polar surface area (TPSA) is 38.3 Å². The van der Waals surface area contributed by atoms with Gasteiger partial charge < -0.3 is 10.1 Å². The molecule has 5 heteroatoms. The van der Waals surface area contributed by atoms with Gasteiger partial charge >= 0.3 is 6.09 Å². The Bertz CT molecular complexity index is 477. The lowest BCUT2D eigenvalue weighted by Crippen LogP contribution is -2.33. The van der Waals surface area contributed by atoms with E-state index in [1.54, 1.807) is 0 Å². The highest BCUT2D eigenvalue weighted by Gasteiger charge is 2.33. The number of alkyl carbamates (subject to hydrolysis) is 1. The molecule has 2 atom stereocenters. The quantitative estimate of drug-likeness (QED) is 0.890. The molecular weight excluding hydrogens is 314 g/mol. The maximum atomic E-state index is 11.9. The highest BCUT2D eigenvalue weighted by atomic mass is 32.2. The Kier molecular flexibility index (Phi) is 5.96. The van der Waals surface area contributed by atoms with Crippen LogP contribution in [-0.4, -0.2) is 28.2 Å². The number of carbonyl (C=O) groups excluding carboxylic acids is 1. The molecule has 120 valence electrons. The molecule has 0 aromatic heterocycles. The summed E-state index contributed by atoms with van der Waals surface area (Å²) in [5.41, 5.74) is 1.02. The van der Waals surface area contributed by atoms with Gasteiger partial charge in [0.15, 0.2) is 0 Å². The van der Waals surface area contributed by atoms with Crippen LogP contribution in [0, 0.1) is 5.92 Å². The minimum absolute atomic E-state index is 0.279. The van der Waals surface area contributed by atoms with Gasteiger partial charge in [-0.3, -0.25) is 0 Å². The number of hydrogen-bond acceptors (Lipinski definition) is 4. The summed E-state index contributed by atoms with van der Waals surface area (Å²) in [6.45, 7) is 0.344. The van der Waals surface area contributed by atoms with Gasteiger partial charge in [0.1, 0.15) is 6.61 Å². The minimum atomic E-state index is -0.279. The number of nitrogens with one attached hydrogen (secondary N) is 1. The third-order valence-corrected chi connectivity index (χ3v) is 7.54. The monoisotopic (exact) mass is 337 g/mol. The van der Waals surface area contributed by atoms with Crippen LogP contribution in [-0.2, 0) is 11.3 Å². The van der Waals surface area contributed by atoms with Crippen molar-refractivity contribution in [2.45, 2.75) is 42.9 Å². The van der Waals surface area contributed by atoms with E-state index in [2.05, 4.69) is 28.8 Å². The lowest BCUT2D eigenvalue weighted by atomic mass is 10.1. The van der Waals surface area contributed by atoms with Crippen LogP contribution in [0.15, 0.2) is 30.3 Å². The van der Waals surface area contributed by atoms with E-state index in [9.17, 15) is 4.79 Å². The average Bonchev–Trinajstić information content (AvgIpc) is 3.03. The van der Waals surface area contributed by atoms with E-state index in [0.717, 1.165) is 28.9 Å². The standard InChI is InChI=1S/C17H23NO2S2/c19-17(20-12-13-5-2-1-3-6-13)18-15-8-7-14(11-15)16-21-9-4-10-22-16/h1-3,5-6,14-16H,4,7-12H2,(H,18,19)/t14-,15+/m1/s1. The molecule has 2 aliphatic rings. The van der Waals surface area contributed by atoms with Crippen molar-refractivity contribution in [3.05, 3.63) is 35.9 Å². The summed E-state index contributed by atoms with van der Waals surface area (Å²) in [6, 6.07) is 10.1. The Hall–Kier alpha value is -0.810. The zero-order valence-electron chi connectivity index (χ0n) is 12.7. The van der Waals surface area contributed by atoms with Crippen LogP contribution in [0.5, 0.6) is 0 Å². The number of carbonyl (C=O) groups is 1. The maximum Gasteiger partial charge on any atom is 0.407 e. The summed E-state index contributed by atoms with van der Waals surface area (Å²) in [5, 5.41) is 3.04. The molecule has 1 aromatic rings. The molecule has 0 spiro atoms. The molecule has 0 radical (unpaired) electrons. The molecule has 0 bridgehead atoms. The zero-order valence-corrected chi connectivity index (χ0v) is 14.3. The van der Waals surface area contributed by atoms with Gasteiger partial charge in [0.25, 0.3) is 0 Å². The molecule has 1 heterocycles. The minimum Gasteiger partial charge on any atom is -0.445 e. The second-order valence-corrected chi connectivity index (χ2v) is 8.74. The summed E-state index contributed by atoms with van der Waals surface area (Å²) >= 11 is 4.22. The van der Waals surface area contributed by atoms with Crippen molar-refractivity contribution in [3.8, 4) is 0 Å². The summed E-state index contributed by atoms with van der Waals surface area (Å²) < 4.78 is 6.05. The van der Waals surface area contributed by atoms with Crippen molar-refractivity contribution in [2.24, 2.45) is 5.92 Å². The van der Waals surface area contributed by atoms with E-state index in [4.69, 9.17) is 4.74 Å². The van der Waals surface area contributed by atoms with Crippen molar-refractivity contribution in [1.29, 1.82) is 0 Å². The molecule has 1 saturated heterocycles. The van der Waals surface area contributed by atoms with Crippen LogP contribution in [0.1, 0.15) is 31.2 Å². The molecular formula is C17H23NO2S2. The summed E-state index contributed by atoms with van der Waals surface area (Å²) in [6.07, 6.45) is 4.48. The molecule has 1 aliphatic carbocycles. The fourth-order valence-electron chi connectivity index (χ4n) is 3.10. The molecule has 1 amide bonds. The lowest BCUT2D eigenvalue weighted by molar-refractivity contribution is 0.135. The van der Waals surface area contributed by atoms with Crippen LogP contribution in [0.3, 0.4) is 0 Å². The summed E-state index contributed by atoms with van der Waals surface area (Å²) in [5.74, 6) is 3.34. The van der Waals surface area contributed by atoms with E-state index in [1.807, 2.05) is 30.3 Å². The largest absolute Gasteiger partial charge is 0.445 e. The molecule has 1 N–H and O–H groups in total. The van der Waals surface area contributed by atoms with Crippen molar-refractivity contribution < 1.29 is 9.53 Å². The maximum absolute atomic E-state index is 11.9. The molecule has 2 fully saturated rings. The SMILES string of the molecule is O=C(N[C@H]1CC[C@@H](C2SCCCS2)C1)OCc1ccccc1. The predicted octanol–water partition coefficient (Wildman–Crippen LogP) is 4.28. The van der Waals surface area contributed by atoms with Gasteiger partial charge in [0.05, 0.1) is 4.58 Å². The first-order valence-electron chi connectivity index (χ1n) is 8.01. The third-order valence-electron chi connectivity index (χ3n) is 4.25. The number of ether oxygens (including phenoxy) is 1. The van der Waals surface area contributed by atoms with Crippen molar-refractivity contribution in [2.75, 3.05) is 11.5 Å². The van der Waals surface area contributed by atoms with Gasteiger partial charge in [-0.05, 0) is 48.7 Å². The molecule has 22 heavy (non-hydrogen) atoms. The third kappa shape index (κ3) is 4.59. The number of benzene rings is 1.